The molecule has 4 atom stereocenters. The van der Waals surface area contributed by atoms with E-state index in [1.807, 2.05) is 56.3 Å². The van der Waals surface area contributed by atoms with Gasteiger partial charge in [-0.3, -0.25) is 4.79 Å². The van der Waals surface area contributed by atoms with Gasteiger partial charge in [-0.15, -0.1) is 0 Å². The largest absolute Gasteiger partial charge is 0.508 e. The van der Waals surface area contributed by atoms with Crippen LogP contribution in [0.5, 0.6) is 11.6 Å². The number of phenols is 1. The molecule has 10 heteroatoms. The predicted octanol–water partition coefficient (Wildman–Crippen LogP) is 4.80. The number of hydrogen-bond donors (Lipinski definition) is 3. The summed E-state index contributed by atoms with van der Waals surface area (Å²) >= 11 is 0. The molecule has 4 heterocycles. The van der Waals surface area contributed by atoms with Crippen LogP contribution in [-0.2, 0) is 11.2 Å². The maximum Gasteiger partial charge on any atom is 0.244 e. The fourth-order valence-electron chi connectivity index (χ4n) is 7.38. The maximum absolute atomic E-state index is 17.3. The van der Waals surface area contributed by atoms with E-state index in [1.165, 1.54) is 0 Å². The van der Waals surface area contributed by atoms with Crippen molar-refractivity contribution in [3.05, 3.63) is 53.8 Å². The van der Waals surface area contributed by atoms with Crippen LogP contribution in [0.2, 0.25) is 0 Å². The number of carbonyl (C=O) groups is 1. The Labute approximate surface area is 255 Å². The molecule has 0 spiro atoms. The number of amides is 1. The number of likely N-dealkylation sites (N-methyl/N-ethyl adjacent to an activating group) is 1. The Bertz CT molecular complexity index is 1840. The molecular weight excluding hydrogens is 559 g/mol. The quantitative estimate of drug-likeness (QED) is 0.267. The molecule has 3 fully saturated rings. The SMILES string of the molecule is C[C@@H](CN(C)C)Oc1nc2c(F)c(-c3cc(O)cc4ccccc34)c(CCC#N)cc2c2c1NC(=O)CN2C1C2CNC1C2. The first-order valence-corrected chi connectivity index (χ1v) is 15.1. The summed E-state index contributed by atoms with van der Waals surface area (Å²) in [6, 6.07) is 15.2. The van der Waals surface area contributed by atoms with Crippen molar-refractivity contribution in [3.63, 3.8) is 0 Å². The minimum atomic E-state index is -0.550. The van der Waals surface area contributed by atoms with Crippen molar-refractivity contribution in [2.45, 2.75) is 44.4 Å². The van der Waals surface area contributed by atoms with Gasteiger partial charge in [-0.1, -0.05) is 24.3 Å². The topological polar surface area (TPSA) is 114 Å². The zero-order chi connectivity index (χ0) is 30.7. The number of fused-ring (bicyclic) bond motifs is 5. The van der Waals surface area contributed by atoms with Crippen LogP contribution < -0.4 is 20.3 Å². The molecule has 3 aliphatic heterocycles. The van der Waals surface area contributed by atoms with E-state index >= 15 is 4.39 Å². The minimum Gasteiger partial charge on any atom is -0.508 e. The first-order chi connectivity index (χ1) is 21.2. The predicted molar refractivity (Wildman–Crippen MR) is 169 cm³/mol. The number of rotatable bonds is 8. The number of nitrogens with zero attached hydrogens (tertiary/aromatic N) is 4. The van der Waals surface area contributed by atoms with Crippen LogP contribution >= 0.6 is 0 Å². The van der Waals surface area contributed by atoms with Crippen molar-refractivity contribution in [2.24, 2.45) is 5.92 Å². The van der Waals surface area contributed by atoms with Gasteiger partial charge in [-0.05, 0) is 79.9 Å². The van der Waals surface area contributed by atoms with E-state index in [0.717, 1.165) is 23.7 Å². The normalized spacial score (nSPS) is 21.2. The van der Waals surface area contributed by atoms with E-state index < -0.39 is 5.82 Å². The second kappa shape index (κ2) is 10.9. The van der Waals surface area contributed by atoms with Crippen molar-refractivity contribution in [2.75, 3.05) is 43.9 Å². The number of carbonyl (C=O) groups excluding carboxylic acids is 1. The van der Waals surface area contributed by atoms with Gasteiger partial charge in [0, 0.05) is 42.5 Å². The molecule has 3 aromatic carbocycles. The number of anilines is 2. The molecule has 1 saturated carbocycles. The van der Waals surface area contributed by atoms with E-state index in [0.29, 0.717) is 52.3 Å². The van der Waals surface area contributed by atoms with Gasteiger partial charge < -0.3 is 30.3 Å². The molecule has 3 unspecified atom stereocenters. The Morgan fingerprint density at radius 2 is 2.07 bits per heavy atom. The first-order valence-electron chi connectivity index (χ1n) is 15.1. The Balaban J connectivity index is 1.52. The molecule has 1 aromatic heterocycles. The van der Waals surface area contributed by atoms with Crippen LogP contribution in [0, 0.1) is 23.1 Å². The lowest BCUT2D eigenvalue weighted by atomic mass is 9.78. The average molecular weight is 595 g/mol. The van der Waals surface area contributed by atoms with Gasteiger partial charge in [0.05, 0.1) is 18.3 Å². The van der Waals surface area contributed by atoms with Crippen molar-refractivity contribution in [3.8, 4) is 28.8 Å². The molecular formula is C34H35FN6O3. The van der Waals surface area contributed by atoms with Gasteiger partial charge in [0.15, 0.2) is 5.82 Å². The van der Waals surface area contributed by atoms with E-state index in [2.05, 4.69) is 21.6 Å². The second-order valence-electron chi connectivity index (χ2n) is 12.5. The Morgan fingerprint density at radius 1 is 1.25 bits per heavy atom. The van der Waals surface area contributed by atoms with E-state index in [4.69, 9.17) is 9.72 Å². The highest BCUT2D eigenvalue weighted by Crippen LogP contribution is 2.50. The van der Waals surface area contributed by atoms with Gasteiger partial charge in [0.25, 0.3) is 0 Å². The standard InChI is InChI=1S/C34H35FN6O3/c1-18(16-40(2)3)44-34-31-33(41(17-27(43)38-31)32-21-13-26(32)37-15-21)25-12-20(8-6-10-36)28(29(35)30(25)39-34)24-14-22(42)11-19-7-4-5-9-23(19)24/h4-5,7,9,11-12,14,18,21,26,32,37,42H,6,8,13,15-17H2,1-3H3,(H,38,43)/t18-,21?,26?,32?/m0/s1. The van der Waals surface area contributed by atoms with Crippen molar-refractivity contribution in [1.82, 2.24) is 15.2 Å². The lowest BCUT2D eigenvalue weighted by molar-refractivity contribution is -0.115. The fourth-order valence-corrected chi connectivity index (χ4v) is 7.38. The zero-order valence-corrected chi connectivity index (χ0v) is 25.0. The molecule has 1 amide bonds. The smallest absolute Gasteiger partial charge is 0.244 e. The number of benzene rings is 3. The molecule has 8 rings (SSSR count). The van der Waals surface area contributed by atoms with Gasteiger partial charge >= 0.3 is 0 Å². The molecule has 0 radical (unpaired) electrons. The third-order valence-corrected chi connectivity index (χ3v) is 9.12. The molecule has 226 valence electrons. The number of aryl methyl sites for hydroxylation is 1. The number of ether oxygens (including phenoxy) is 1. The summed E-state index contributed by atoms with van der Waals surface area (Å²) in [5, 5.41) is 28.9. The highest BCUT2D eigenvalue weighted by atomic mass is 19.1. The summed E-state index contributed by atoms with van der Waals surface area (Å²) in [5.41, 5.74) is 2.75. The number of nitrogens with one attached hydrogen (secondary N) is 2. The summed E-state index contributed by atoms with van der Waals surface area (Å²) in [5.74, 6) is -0.130. The van der Waals surface area contributed by atoms with Crippen LogP contribution in [0.1, 0.15) is 25.3 Å². The molecule has 44 heavy (non-hydrogen) atoms. The van der Waals surface area contributed by atoms with E-state index in [9.17, 15) is 15.2 Å². The Hall–Kier alpha value is -4.46. The van der Waals surface area contributed by atoms with Gasteiger partial charge in [0.1, 0.15) is 23.1 Å². The second-order valence-corrected chi connectivity index (χ2v) is 12.5. The van der Waals surface area contributed by atoms with Crippen LogP contribution in [0.4, 0.5) is 15.8 Å². The number of aromatic hydroxyl groups is 1. The first kappa shape index (κ1) is 28.3. The maximum atomic E-state index is 17.3. The van der Waals surface area contributed by atoms with Crippen LogP contribution in [0.15, 0.2) is 42.5 Å². The van der Waals surface area contributed by atoms with Gasteiger partial charge in [-0.25, -0.2) is 9.37 Å². The molecule has 9 nitrogen and oxygen atoms in total. The van der Waals surface area contributed by atoms with Crippen molar-refractivity contribution in [1.29, 1.82) is 5.26 Å². The molecule has 2 saturated heterocycles. The lowest BCUT2D eigenvalue weighted by Crippen LogP contribution is -2.58. The Morgan fingerprint density at radius 3 is 2.80 bits per heavy atom. The summed E-state index contributed by atoms with van der Waals surface area (Å²) in [6.45, 7) is 3.54. The summed E-state index contributed by atoms with van der Waals surface area (Å²) in [7, 11) is 3.89. The van der Waals surface area contributed by atoms with Crippen molar-refractivity contribution >= 4 is 39.0 Å². The van der Waals surface area contributed by atoms with Gasteiger partial charge in [0.2, 0.25) is 11.8 Å². The summed E-state index contributed by atoms with van der Waals surface area (Å²) in [6.07, 6.45) is 1.24. The van der Waals surface area contributed by atoms with Crippen molar-refractivity contribution < 1.29 is 19.0 Å². The number of halogens is 1. The van der Waals surface area contributed by atoms with Gasteiger partial charge in [-0.2, -0.15) is 5.26 Å². The fraction of sp³-hybridized carbons (Fsp3) is 0.382. The number of pyridine rings is 1. The Kier molecular flexibility index (Phi) is 7.03. The van der Waals surface area contributed by atoms with Crippen LogP contribution in [0.3, 0.4) is 0 Å². The van der Waals surface area contributed by atoms with Crippen LogP contribution in [0.25, 0.3) is 32.8 Å². The molecule has 4 aromatic rings. The molecule has 1 aliphatic carbocycles. The number of hydrogen-bond acceptors (Lipinski definition) is 8. The molecule has 4 aliphatic rings. The monoisotopic (exact) mass is 594 g/mol. The zero-order valence-electron chi connectivity index (χ0n) is 25.0. The third-order valence-electron chi connectivity index (χ3n) is 9.12. The number of aromatic nitrogens is 1. The van der Waals surface area contributed by atoms with Crippen LogP contribution in [-0.4, -0.2) is 72.8 Å². The third kappa shape index (κ3) is 4.68. The highest BCUT2D eigenvalue weighted by molar-refractivity contribution is 6.12. The summed E-state index contributed by atoms with van der Waals surface area (Å²) < 4.78 is 23.6. The minimum absolute atomic E-state index is 0.0196. The molecule has 3 N–H and O–H groups in total. The van der Waals surface area contributed by atoms with E-state index in [1.54, 1.807) is 12.1 Å². The average Bonchev–Trinajstić information content (AvgIpc) is 3.62. The molecule has 2 bridgehead atoms. The lowest BCUT2D eigenvalue weighted by Gasteiger charge is -2.46. The summed E-state index contributed by atoms with van der Waals surface area (Å²) in [4.78, 5) is 22.0. The highest BCUT2D eigenvalue weighted by Gasteiger charge is 2.52. The number of nitriles is 1. The van der Waals surface area contributed by atoms with E-state index in [-0.39, 0.29) is 54.2 Å². The number of phenolic OH excluding ortho intramolecular Hbond substituents is 1.